The van der Waals surface area contributed by atoms with E-state index in [9.17, 15) is 4.79 Å². The molecule has 0 aliphatic carbocycles. The van der Waals surface area contributed by atoms with Crippen LogP contribution >= 0.6 is 11.3 Å². The summed E-state index contributed by atoms with van der Waals surface area (Å²) in [6.07, 6.45) is 3.78. The standard InChI is InChI=1S/C17H19N5OS/c23-17(14-2-3-15-16(12-14)24-13-18-15)21-9-6-20(7-10-21)8-11-22-5-1-4-19-22/h1-5,12-13H,6-11H2. The Morgan fingerprint density at radius 3 is 2.83 bits per heavy atom. The predicted octanol–water partition coefficient (Wildman–Crippen LogP) is 1.95. The maximum atomic E-state index is 12.7. The highest BCUT2D eigenvalue weighted by Gasteiger charge is 2.22. The molecule has 6 nitrogen and oxygen atoms in total. The van der Waals surface area contributed by atoms with E-state index in [0.29, 0.717) is 0 Å². The van der Waals surface area contributed by atoms with E-state index in [1.807, 2.05) is 45.6 Å². The van der Waals surface area contributed by atoms with Crippen molar-refractivity contribution in [3.05, 3.63) is 47.7 Å². The normalized spacial score (nSPS) is 15.9. The van der Waals surface area contributed by atoms with Crippen molar-refractivity contribution in [3.8, 4) is 0 Å². The van der Waals surface area contributed by atoms with Crippen LogP contribution in [0.15, 0.2) is 42.2 Å². The van der Waals surface area contributed by atoms with E-state index in [1.54, 1.807) is 17.5 Å². The number of aromatic nitrogens is 3. The lowest BCUT2D eigenvalue weighted by molar-refractivity contribution is 0.0632. The summed E-state index contributed by atoms with van der Waals surface area (Å²) in [6.45, 7) is 5.24. The summed E-state index contributed by atoms with van der Waals surface area (Å²) in [5.41, 5.74) is 3.54. The molecular formula is C17H19N5OS. The quantitative estimate of drug-likeness (QED) is 0.728. The number of thiazole rings is 1. The molecule has 1 aliphatic heterocycles. The smallest absolute Gasteiger partial charge is 0.253 e. The van der Waals surface area contributed by atoms with Crippen LogP contribution in [0.4, 0.5) is 0 Å². The Kier molecular flexibility index (Phi) is 4.27. The van der Waals surface area contributed by atoms with Crippen LogP contribution in [0.25, 0.3) is 10.2 Å². The highest BCUT2D eigenvalue weighted by molar-refractivity contribution is 7.16. The van der Waals surface area contributed by atoms with Crippen molar-refractivity contribution >= 4 is 27.5 Å². The minimum absolute atomic E-state index is 0.122. The van der Waals surface area contributed by atoms with Crippen LogP contribution in [0.5, 0.6) is 0 Å². The fourth-order valence-corrected chi connectivity index (χ4v) is 3.74. The average Bonchev–Trinajstić information content (AvgIpc) is 3.30. The van der Waals surface area contributed by atoms with E-state index in [1.165, 1.54) is 0 Å². The summed E-state index contributed by atoms with van der Waals surface area (Å²) in [7, 11) is 0. The summed E-state index contributed by atoms with van der Waals surface area (Å²) >= 11 is 1.57. The molecule has 0 spiro atoms. The molecule has 1 aromatic carbocycles. The van der Waals surface area contributed by atoms with Gasteiger partial charge in [0.05, 0.1) is 22.3 Å². The van der Waals surface area contributed by atoms with Crippen molar-refractivity contribution in [2.24, 2.45) is 0 Å². The van der Waals surface area contributed by atoms with Gasteiger partial charge in [-0.05, 0) is 24.3 Å². The molecule has 1 amide bonds. The molecule has 3 heterocycles. The first-order valence-electron chi connectivity index (χ1n) is 8.12. The molecular weight excluding hydrogens is 322 g/mol. The lowest BCUT2D eigenvalue weighted by atomic mass is 10.1. The van der Waals surface area contributed by atoms with Gasteiger partial charge >= 0.3 is 0 Å². The zero-order valence-corrected chi connectivity index (χ0v) is 14.2. The number of benzene rings is 1. The van der Waals surface area contributed by atoms with Gasteiger partial charge in [0, 0.05) is 50.7 Å². The number of nitrogens with zero attached hydrogens (tertiary/aromatic N) is 5. The fourth-order valence-electron chi connectivity index (χ4n) is 3.02. The first-order chi connectivity index (χ1) is 11.8. The summed E-state index contributed by atoms with van der Waals surface area (Å²) in [5, 5.41) is 4.23. The number of piperazine rings is 1. The Morgan fingerprint density at radius 2 is 2.04 bits per heavy atom. The van der Waals surface area contributed by atoms with Gasteiger partial charge in [-0.1, -0.05) is 0 Å². The zero-order valence-electron chi connectivity index (χ0n) is 13.3. The van der Waals surface area contributed by atoms with Crippen molar-refractivity contribution < 1.29 is 4.79 Å². The number of fused-ring (bicyclic) bond motifs is 1. The molecule has 2 aromatic heterocycles. The van der Waals surface area contributed by atoms with E-state index >= 15 is 0 Å². The van der Waals surface area contributed by atoms with Crippen molar-refractivity contribution in [1.82, 2.24) is 24.6 Å². The average molecular weight is 341 g/mol. The molecule has 0 radical (unpaired) electrons. The monoisotopic (exact) mass is 341 g/mol. The molecule has 0 atom stereocenters. The maximum Gasteiger partial charge on any atom is 0.253 e. The Labute approximate surface area is 144 Å². The van der Waals surface area contributed by atoms with E-state index in [-0.39, 0.29) is 5.91 Å². The van der Waals surface area contributed by atoms with Gasteiger partial charge in [0.1, 0.15) is 0 Å². The minimum Gasteiger partial charge on any atom is -0.336 e. The number of amides is 1. The SMILES string of the molecule is O=C(c1ccc2ncsc2c1)N1CCN(CCn2cccn2)CC1. The molecule has 7 heteroatoms. The van der Waals surface area contributed by atoms with Crippen LogP contribution in [0.1, 0.15) is 10.4 Å². The zero-order chi connectivity index (χ0) is 16.4. The summed E-state index contributed by atoms with van der Waals surface area (Å²) in [6, 6.07) is 7.71. The topological polar surface area (TPSA) is 54.3 Å². The Balaban J connectivity index is 1.33. The highest BCUT2D eigenvalue weighted by Crippen LogP contribution is 2.20. The molecule has 1 fully saturated rings. The summed E-state index contributed by atoms with van der Waals surface area (Å²) in [4.78, 5) is 21.3. The summed E-state index contributed by atoms with van der Waals surface area (Å²) in [5.74, 6) is 0.122. The minimum atomic E-state index is 0.122. The third kappa shape index (κ3) is 3.18. The number of rotatable bonds is 4. The second kappa shape index (κ2) is 6.70. The van der Waals surface area contributed by atoms with Gasteiger partial charge in [0.2, 0.25) is 0 Å². The second-order valence-corrected chi connectivity index (χ2v) is 6.82. The second-order valence-electron chi connectivity index (χ2n) is 5.94. The van der Waals surface area contributed by atoms with E-state index in [2.05, 4.69) is 15.0 Å². The van der Waals surface area contributed by atoms with E-state index < -0.39 is 0 Å². The van der Waals surface area contributed by atoms with Gasteiger partial charge < -0.3 is 4.90 Å². The number of hydrogen-bond donors (Lipinski definition) is 0. The molecule has 0 unspecified atom stereocenters. The molecule has 0 saturated carbocycles. The van der Waals surface area contributed by atoms with Crippen molar-refractivity contribution in [1.29, 1.82) is 0 Å². The fraction of sp³-hybridized carbons (Fsp3) is 0.353. The van der Waals surface area contributed by atoms with E-state index in [4.69, 9.17) is 0 Å². The third-order valence-corrected chi connectivity index (χ3v) is 5.23. The molecule has 3 aromatic rings. The van der Waals surface area contributed by atoms with Crippen LogP contribution in [0.2, 0.25) is 0 Å². The molecule has 124 valence electrons. The lowest BCUT2D eigenvalue weighted by Gasteiger charge is -2.34. The van der Waals surface area contributed by atoms with Crippen LogP contribution in [0.3, 0.4) is 0 Å². The first-order valence-corrected chi connectivity index (χ1v) is 9.00. The number of carbonyl (C=O) groups excluding carboxylic acids is 1. The Morgan fingerprint density at radius 1 is 1.17 bits per heavy atom. The first kappa shape index (κ1) is 15.3. The van der Waals surface area contributed by atoms with Crippen LogP contribution in [0, 0.1) is 0 Å². The molecule has 1 aliphatic rings. The maximum absolute atomic E-state index is 12.7. The molecule has 0 bridgehead atoms. The van der Waals surface area contributed by atoms with Gasteiger partial charge in [-0.2, -0.15) is 5.10 Å². The highest BCUT2D eigenvalue weighted by atomic mass is 32.1. The summed E-state index contributed by atoms with van der Waals surface area (Å²) < 4.78 is 3.01. The Bertz CT molecular complexity index is 821. The molecule has 4 rings (SSSR count). The Hall–Kier alpha value is -2.25. The molecule has 24 heavy (non-hydrogen) atoms. The van der Waals surface area contributed by atoms with Gasteiger partial charge in [0.15, 0.2) is 0 Å². The van der Waals surface area contributed by atoms with Crippen molar-refractivity contribution in [2.75, 3.05) is 32.7 Å². The van der Waals surface area contributed by atoms with E-state index in [0.717, 1.165) is 55.0 Å². The third-order valence-electron chi connectivity index (χ3n) is 4.44. The van der Waals surface area contributed by atoms with Gasteiger partial charge in [0.25, 0.3) is 5.91 Å². The van der Waals surface area contributed by atoms with Crippen LogP contribution < -0.4 is 0 Å². The van der Waals surface area contributed by atoms with Gasteiger partial charge in [-0.25, -0.2) is 4.98 Å². The van der Waals surface area contributed by atoms with Crippen molar-refractivity contribution in [3.63, 3.8) is 0 Å². The number of hydrogen-bond acceptors (Lipinski definition) is 5. The molecule has 1 saturated heterocycles. The molecule has 0 N–H and O–H groups in total. The van der Waals surface area contributed by atoms with Crippen LogP contribution in [-0.2, 0) is 6.54 Å². The number of carbonyl (C=O) groups is 1. The van der Waals surface area contributed by atoms with Crippen molar-refractivity contribution in [2.45, 2.75) is 6.54 Å². The van der Waals surface area contributed by atoms with Gasteiger partial charge in [-0.3, -0.25) is 14.4 Å². The van der Waals surface area contributed by atoms with Crippen LogP contribution in [-0.4, -0.2) is 63.2 Å². The lowest BCUT2D eigenvalue weighted by Crippen LogP contribution is -2.49. The van der Waals surface area contributed by atoms with Gasteiger partial charge in [-0.15, -0.1) is 11.3 Å². The largest absolute Gasteiger partial charge is 0.336 e. The predicted molar refractivity (Wildman–Crippen MR) is 94.2 cm³/mol.